The van der Waals surface area contributed by atoms with Crippen LogP contribution >= 0.6 is 11.6 Å². The third-order valence-electron chi connectivity index (χ3n) is 8.60. The van der Waals surface area contributed by atoms with Gasteiger partial charge in [0.25, 0.3) is 0 Å². The van der Waals surface area contributed by atoms with E-state index in [0.717, 1.165) is 32.1 Å². The van der Waals surface area contributed by atoms with Gasteiger partial charge in [-0.2, -0.15) is 9.97 Å². The number of amides is 1. The van der Waals surface area contributed by atoms with Gasteiger partial charge in [-0.15, -0.1) is 0 Å². The minimum Gasteiger partial charge on any atom is -0.478 e. The van der Waals surface area contributed by atoms with E-state index in [1.54, 1.807) is 12.4 Å². The Labute approximate surface area is 308 Å². The number of carboxylic acids is 1. The zero-order valence-electron chi connectivity index (χ0n) is 31.1. The van der Waals surface area contributed by atoms with Crippen LogP contribution in [0.25, 0.3) is 11.2 Å². The molecule has 3 rings (SSSR count). The van der Waals surface area contributed by atoms with E-state index in [1.165, 1.54) is 57.1 Å². The summed E-state index contributed by atoms with van der Waals surface area (Å²) < 4.78 is 7.54. The van der Waals surface area contributed by atoms with Crippen molar-refractivity contribution in [2.24, 2.45) is 5.92 Å². The molecule has 0 fully saturated rings. The Morgan fingerprint density at radius 3 is 2.27 bits per heavy atom. The summed E-state index contributed by atoms with van der Waals surface area (Å²) in [6.45, 7) is 11.1. The molecule has 12 heteroatoms. The number of anilines is 3. The SMILES string of the molecule is CCCCC/C=C\C/C=C\CCCCCCCCNC(=O)OC[C@H](Nc1nc(Nc2ccc(C(=O)O)c(Cl)c2)c2ncn(C(C)C)c2n1)C(C)C. The van der Waals surface area contributed by atoms with Crippen molar-refractivity contribution in [3.05, 3.63) is 59.4 Å². The van der Waals surface area contributed by atoms with Crippen LogP contribution in [0.3, 0.4) is 0 Å². The molecule has 2 aromatic heterocycles. The number of nitrogens with one attached hydrogen (secondary N) is 3. The normalized spacial score (nSPS) is 12.4. The van der Waals surface area contributed by atoms with Crippen molar-refractivity contribution in [1.29, 1.82) is 0 Å². The van der Waals surface area contributed by atoms with Crippen molar-refractivity contribution >= 4 is 52.3 Å². The van der Waals surface area contributed by atoms with Crippen LogP contribution in [0.15, 0.2) is 48.8 Å². The Balaban J connectivity index is 1.43. The van der Waals surface area contributed by atoms with Gasteiger partial charge in [-0.05, 0) is 76.5 Å². The number of hydrogen-bond acceptors (Lipinski definition) is 8. The molecule has 0 bridgehead atoms. The van der Waals surface area contributed by atoms with Crippen LogP contribution in [0.5, 0.6) is 0 Å². The van der Waals surface area contributed by atoms with Gasteiger partial charge in [0.05, 0.1) is 23.0 Å². The molecule has 11 nitrogen and oxygen atoms in total. The first-order valence-corrected chi connectivity index (χ1v) is 19.0. The lowest BCUT2D eigenvalue weighted by Crippen LogP contribution is -2.35. The Morgan fingerprint density at radius 1 is 0.941 bits per heavy atom. The lowest BCUT2D eigenvalue weighted by atomic mass is 10.1. The first-order valence-electron chi connectivity index (χ1n) is 18.6. The number of aromatic nitrogens is 4. The molecule has 280 valence electrons. The Hall–Kier alpha value is -4.12. The van der Waals surface area contributed by atoms with E-state index in [9.17, 15) is 14.7 Å². The van der Waals surface area contributed by atoms with Crippen LogP contribution in [0.2, 0.25) is 5.02 Å². The summed E-state index contributed by atoms with van der Waals surface area (Å²) in [5.41, 5.74) is 1.73. The fourth-order valence-corrected chi connectivity index (χ4v) is 5.70. The molecule has 1 atom stereocenters. The van der Waals surface area contributed by atoms with E-state index in [-0.39, 0.29) is 35.2 Å². The zero-order chi connectivity index (χ0) is 37.0. The van der Waals surface area contributed by atoms with Gasteiger partial charge < -0.3 is 30.4 Å². The van der Waals surface area contributed by atoms with E-state index < -0.39 is 12.1 Å². The van der Waals surface area contributed by atoms with E-state index in [1.807, 2.05) is 32.3 Å². The topological polar surface area (TPSA) is 143 Å². The molecule has 0 aliphatic rings. The molecule has 51 heavy (non-hydrogen) atoms. The maximum absolute atomic E-state index is 12.5. The molecule has 0 aliphatic heterocycles. The molecule has 2 heterocycles. The third kappa shape index (κ3) is 14.6. The minimum absolute atomic E-state index is 0.00632. The van der Waals surface area contributed by atoms with E-state index in [0.29, 0.717) is 35.2 Å². The summed E-state index contributed by atoms with van der Waals surface area (Å²) in [7, 11) is 0. The number of nitrogens with zero attached hydrogens (tertiary/aromatic N) is 4. The van der Waals surface area contributed by atoms with Crippen molar-refractivity contribution in [2.45, 2.75) is 124 Å². The van der Waals surface area contributed by atoms with Crippen molar-refractivity contribution in [2.75, 3.05) is 23.8 Å². The minimum atomic E-state index is -1.11. The summed E-state index contributed by atoms with van der Waals surface area (Å²) in [4.78, 5) is 37.9. The van der Waals surface area contributed by atoms with Gasteiger partial charge in [0.1, 0.15) is 6.61 Å². The number of alkyl carbamates (subject to hydrolysis) is 1. The van der Waals surface area contributed by atoms with Crippen LogP contribution in [-0.2, 0) is 4.74 Å². The predicted octanol–water partition coefficient (Wildman–Crippen LogP) is 10.5. The van der Waals surface area contributed by atoms with Crippen LogP contribution < -0.4 is 16.0 Å². The van der Waals surface area contributed by atoms with Crippen LogP contribution in [0.4, 0.5) is 22.2 Å². The Morgan fingerprint density at radius 2 is 1.63 bits per heavy atom. The number of aromatic carboxylic acids is 1. The number of allylic oxidation sites excluding steroid dienone is 4. The molecule has 3 aromatic rings. The number of carbonyl (C=O) groups excluding carboxylic acids is 1. The second-order valence-corrected chi connectivity index (χ2v) is 13.9. The monoisotopic (exact) mass is 723 g/mol. The first-order chi connectivity index (χ1) is 24.6. The van der Waals surface area contributed by atoms with Crippen LogP contribution in [0, 0.1) is 5.92 Å². The average Bonchev–Trinajstić information content (AvgIpc) is 3.52. The smallest absolute Gasteiger partial charge is 0.407 e. The number of carbonyl (C=O) groups is 2. The molecular weight excluding hydrogens is 666 g/mol. The number of unbranched alkanes of at least 4 members (excludes halogenated alkanes) is 9. The lowest BCUT2D eigenvalue weighted by molar-refractivity contribution is 0.0697. The van der Waals surface area contributed by atoms with Crippen molar-refractivity contribution < 1.29 is 19.4 Å². The molecular formula is C39H58ClN7O4. The van der Waals surface area contributed by atoms with Gasteiger partial charge in [-0.3, -0.25) is 0 Å². The highest BCUT2D eigenvalue weighted by molar-refractivity contribution is 6.33. The maximum Gasteiger partial charge on any atom is 0.407 e. The fourth-order valence-electron chi connectivity index (χ4n) is 5.44. The summed E-state index contributed by atoms with van der Waals surface area (Å²) >= 11 is 6.22. The first kappa shape index (κ1) is 41.3. The molecule has 0 spiro atoms. The summed E-state index contributed by atoms with van der Waals surface area (Å²) in [5, 5.41) is 18.9. The van der Waals surface area contributed by atoms with Gasteiger partial charge in [-0.25, -0.2) is 14.6 Å². The molecule has 0 saturated carbocycles. The molecule has 0 saturated heterocycles. The van der Waals surface area contributed by atoms with Crippen LogP contribution in [0.1, 0.15) is 128 Å². The highest BCUT2D eigenvalue weighted by Crippen LogP contribution is 2.29. The number of carboxylic acid groups (broad SMARTS) is 1. The highest BCUT2D eigenvalue weighted by Gasteiger charge is 2.21. The van der Waals surface area contributed by atoms with E-state index >= 15 is 0 Å². The zero-order valence-corrected chi connectivity index (χ0v) is 31.8. The lowest BCUT2D eigenvalue weighted by Gasteiger charge is -2.23. The Bertz CT molecular complexity index is 1570. The molecule has 0 unspecified atom stereocenters. The highest BCUT2D eigenvalue weighted by atomic mass is 35.5. The standard InChI is InChI=1S/C39H58ClN7O4/c1-6-7-8-9-10-11-12-13-14-15-16-17-18-19-20-21-24-41-39(50)51-26-33(28(2)3)44-38-45-35(34-36(46-38)47(27-42-34)29(4)5)43-30-22-23-31(37(48)49)32(40)25-30/h10-11,13-14,22-23,25,27-29,33H,6-9,12,15-21,24,26H2,1-5H3,(H,41,50)(H,48,49)(H2,43,44,45,46)/b11-10-,14-13-/t33-/m0/s1. The molecule has 1 amide bonds. The summed E-state index contributed by atoms with van der Waals surface area (Å²) in [6.07, 6.45) is 24.5. The maximum atomic E-state index is 12.5. The number of hydrogen-bond donors (Lipinski definition) is 4. The molecule has 0 radical (unpaired) electrons. The Kier molecular flexibility index (Phi) is 18.3. The van der Waals surface area contributed by atoms with Crippen LogP contribution in [-0.4, -0.2) is 55.9 Å². The number of halogens is 1. The van der Waals surface area contributed by atoms with Crippen molar-refractivity contribution in [3.8, 4) is 0 Å². The number of rotatable bonds is 24. The van der Waals surface area contributed by atoms with E-state index in [2.05, 4.69) is 52.2 Å². The molecule has 1 aromatic carbocycles. The number of benzene rings is 1. The summed E-state index contributed by atoms with van der Waals surface area (Å²) in [6, 6.07) is 4.42. The number of ether oxygens (including phenoxy) is 1. The quantitative estimate of drug-likeness (QED) is 0.0524. The van der Waals surface area contributed by atoms with Gasteiger partial charge in [0.15, 0.2) is 17.0 Å². The predicted molar refractivity (Wildman–Crippen MR) is 208 cm³/mol. The molecule has 0 aliphatic carbocycles. The largest absolute Gasteiger partial charge is 0.478 e. The van der Waals surface area contributed by atoms with Gasteiger partial charge in [0.2, 0.25) is 5.95 Å². The number of imidazole rings is 1. The third-order valence-corrected chi connectivity index (χ3v) is 8.91. The fraction of sp³-hybridized carbons (Fsp3) is 0.564. The van der Waals surface area contributed by atoms with E-state index in [4.69, 9.17) is 26.3 Å². The number of fused-ring (bicyclic) bond motifs is 1. The average molecular weight is 724 g/mol. The molecule has 4 N–H and O–H groups in total. The van der Waals surface area contributed by atoms with Gasteiger partial charge >= 0.3 is 12.1 Å². The summed E-state index contributed by atoms with van der Waals surface area (Å²) in [5.74, 6) is -0.246. The second kappa shape index (κ2) is 22.6. The van der Waals surface area contributed by atoms with Gasteiger partial charge in [0, 0.05) is 18.3 Å². The second-order valence-electron chi connectivity index (χ2n) is 13.5. The van der Waals surface area contributed by atoms with Crippen molar-refractivity contribution in [3.63, 3.8) is 0 Å². The van der Waals surface area contributed by atoms with Crippen molar-refractivity contribution in [1.82, 2.24) is 24.8 Å². The van der Waals surface area contributed by atoms with Gasteiger partial charge in [-0.1, -0.05) is 95.2 Å².